The summed E-state index contributed by atoms with van der Waals surface area (Å²) in [5, 5.41) is 0. The lowest BCUT2D eigenvalue weighted by molar-refractivity contribution is -0.0604. The molecule has 0 spiro atoms. The Morgan fingerprint density at radius 1 is 1.43 bits per heavy atom. The molecule has 3 atom stereocenters. The second-order valence-corrected chi connectivity index (χ2v) is 4.15. The predicted octanol–water partition coefficient (Wildman–Crippen LogP) is 1.70. The van der Waals surface area contributed by atoms with Gasteiger partial charge in [-0.05, 0) is 39.5 Å². The Balaban J connectivity index is 2.15. The summed E-state index contributed by atoms with van der Waals surface area (Å²) in [6.07, 6.45) is 5.08. The van der Waals surface area contributed by atoms with Crippen molar-refractivity contribution in [3.63, 3.8) is 0 Å². The molecule has 1 rings (SSSR count). The molecule has 3 nitrogen and oxygen atoms in total. The molecule has 14 heavy (non-hydrogen) atoms. The summed E-state index contributed by atoms with van der Waals surface area (Å²) in [6, 6.07) is 0.341. The molecule has 0 heterocycles. The maximum atomic E-state index is 5.89. The van der Waals surface area contributed by atoms with Crippen molar-refractivity contribution in [3.8, 4) is 0 Å². The smallest absolute Gasteiger partial charge is 0.0784 e. The Kier molecular flexibility index (Phi) is 5.45. The SMILES string of the molecule is CCOCC(C)OC1CCCC(N)C1. The molecule has 1 aliphatic carbocycles. The summed E-state index contributed by atoms with van der Waals surface area (Å²) in [6.45, 7) is 5.53. The maximum absolute atomic E-state index is 5.89. The molecule has 0 radical (unpaired) electrons. The lowest BCUT2D eigenvalue weighted by Gasteiger charge is -2.29. The molecule has 3 heteroatoms. The van der Waals surface area contributed by atoms with E-state index < -0.39 is 0 Å². The van der Waals surface area contributed by atoms with Gasteiger partial charge in [0.15, 0.2) is 0 Å². The Labute approximate surface area is 86.9 Å². The van der Waals surface area contributed by atoms with Crippen LogP contribution in [0.25, 0.3) is 0 Å². The first-order chi connectivity index (χ1) is 6.72. The molecule has 0 aliphatic heterocycles. The van der Waals surface area contributed by atoms with Gasteiger partial charge in [0, 0.05) is 12.6 Å². The summed E-state index contributed by atoms with van der Waals surface area (Å²) in [5.41, 5.74) is 5.89. The summed E-state index contributed by atoms with van der Waals surface area (Å²) < 4.78 is 11.2. The van der Waals surface area contributed by atoms with Gasteiger partial charge in [0.1, 0.15) is 0 Å². The second-order valence-electron chi connectivity index (χ2n) is 4.15. The van der Waals surface area contributed by atoms with Crippen molar-refractivity contribution in [3.05, 3.63) is 0 Å². The molecule has 84 valence electrons. The highest BCUT2D eigenvalue weighted by molar-refractivity contribution is 4.76. The van der Waals surface area contributed by atoms with Crippen molar-refractivity contribution < 1.29 is 9.47 Å². The van der Waals surface area contributed by atoms with Gasteiger partial charge < -0.3 is 15.2 Å². The Hall–Kier alpha value is -0.120. The summed E-state index contributed by atoms with van der Waals surface area (Å²) in [4.78, 5) is 0. The molecular weight excluding hydrogens is 178 g/mol. The number of hydrogen-bond donors (Lipinski definition) is 1. The van der Waals surface area contributed by atoms with Crippen LogP contribution in [0.4, 0.5) is 0 Å². The number of nitrogens with two attached hydrogens (primary N) is 1. The van der Waals surface area contributed by atoms with E-state index in [1.807, 2.05) is 6.92 Å². The van der Waals surface area contributed by atoms with E-state index in [-0.39, 0.29) is 6.10 Å². The first-order valence-corrected chi connectivity index (χ1v) is 5.71. The van der Waals surface area contributed by atoms with Gasteiger partial charge in [-0.1, -0.05) is 0 Å². The van der Waals surface area contributed by atoms with E-state index >= 15 is 0 Å². The van der Waals surface area contributed by atoms with Crippen molar-refractivity contribution in [2.45, 2.75) is 57.8 Å². The molecule has 0 bridgehead atoms. The first-order valence-electron chi connectivity index (χ1n) is 5.71. The van der Waals surface area contributed by atoms with Crippen molar-refractivity contribution >= 4 is 0 Å². The molecular formula is C11H23NO2. The Bertz CT molecular complexity index is 152. The summed E-state index contributed by atoms with van der Waals surface area (Å²) in [5.74, 6) is 0. The van der Waals surface area contributed by atoms with Crippen molar-refractivity contribution in [1.82, 2.24) is 0 Å². The molecule has 1 fully saturated rings. The summed E-state index contributed by atoms with van der Waals surface area (Å²) >= 11 is 0. The van der Waals surface area contributed by atoms with Gasteiger partial charge in [0.25, 0.3) is 0 Å². The van der Waals surface area contributed by atoms with Crippen LogP contribution in [0.5, 0.6) is 0 Å². The standard InChI is InChI=1S/C11H23NO2/c1-3-13-8-9(2)14-11-6-4-5-10(12)7-11/h9-11H,3-8,12H2,1-2H3. The van der Waals surface area contributed by atoms with Gasteiger partial charge in [0.05, 0.1) is 18.8 Å². The van der Waals surface area contributed by atoms with Gasteiger partial charge >= 0.3 is 0 Å². The fourth-order valence-corrected chi connectivity index (χ4v) is 1.96. The van der Waals surface area contributed by atoms with Crippen LogP contribution >= 0.6 is 0 Å². The van der Waals surface area contributed by atoms with Crippen molar-refractivity contribution in [1.29, 1.82) is 0 Å². The van der Waals surface area contributed by atoms with E-state index in [4.69, 9.17) is 15.2 Å². The van der Waals surface area contributed by atoms with Gasteiger partial charge in [-0.15, -0.1) is 0 Å². The van der Waals surface area contributed by atoms with Crippen LogP contribution in [-0.4, -0.2) is 31.5 Å². The molecule has 2 N–H and O–H groups in total. The third kappa shape index (κ3) is 4.40. The minimum absolute atomic E-state index is 0.199. The topological polar surface area (TPSA) is 44.5 Å². The third-order valence-corrected chi connectivity index (χ3v) is 2.65. The van der Waals surface area contributed by atoms with E-state index in [0.29, 0.717) is 18.8 Å². The average molecular weight is 201 g/mol. The number of hydrogen-bond acceptors (Lipinski definition) is 3. The Morgan fingerprint density at radius 3 is 2.86 bits per heavy atom. The van der Waals surface area contributed by atoms with Crippen molar-refractivity contribution in [2.75, 3.05) is 13.2 Å². The fraction of sp³-hybridized carbons (Fsp3) is 1.00. The molecule has 0 saturated heterocycles. The zero-order valence-corrected chi connectivity index (χ0v) is 9.37. The highest BCUT2D eigenvalue weighted by atomic mass is 16.5. The largest absolute Gasteiger partial charge is 0.379 e. The number of ether oxygens (including phenoxy) is 2. The van der Waals surface area contributed by atoms with Gasteiger partial charge in [-0.3, -0.25) is 0 Å². The molecule has 1 saturated carbocycles. The quantitative estimate of drug-likeness (QED) is 0.736. The molecule has 3 unspecified atom stereocenters. The molecule has 0 aromatic carbocycles. The number of rotatable bonds is 5. The first kappa shape index (κ1) is 12.0. The van der Waals surface area contributed by atoms with Crippen LogP contribution in [0.1, 0.15) is 39.5 Å². The van der Waals surface area contributed by atoms with Crippen LogP contribution in [0.2, 0.25) is 0 Å². The van der Waals surface area contributed by atoms with Gasteiger partial charge in [0.2, 0.25) is 0 Å². The van der Waals surface area contributed by atoms with Gasteiger partial charge in [-0.2, -0.15) is 0 Å². The highest BCUT2D eigenvalue weighted by Crippen LogP contribution is 2.20. The average Bonchev–Trinajstić information content (AvgIpc) is 2.15. The van der Waals surface area contributed by atoms with Crippen LogP contribution in [0.3, 0.4) is 0 Å². The van der Waals surface area contributed by atoms with Crippen LogP contribution < -0.4 is 5.73 Å². The summed E-state index contributed by atoms with van der Waals surface area (Å²) in [7, 11) is 0. The highest BCUT2D eigenvalue weighted by Gasteiger charge is 2.21. The minimum atomic E-state index is 0.199. The fourth-order valence-electron chi connectivity index (χ4n) is 1.96. The molecule has 0 aromatic heterocycles. The van der Waals surface area contributed by atoms with Gasteiger partial charge in [-0.25, -0.2) is 0 Å². The molecule has 0 amide bonds. The van der Waals surface area contributed by atoms with Crippen molar-refractivity contribution in [2.24, 2.45) is 5.73 Å². The van der Waals surface area contributed by atoms with Crippen LogP contribution in [0, 0.1) is 0 Å². The van der Waals surface area contributed by atoms with E-state index in [2.05, 4.69) is 6.92 Å². The second kappa shape index (κ2) is 6.38. The Morgan fingerprint density at radius 2 is 2.21 bits per heavy atom. The van der Waals surface area contributed by atoms with E-state index in [1.165, 1.54) is 6.42 Å². The van der Waals surface area contributed by atoms with E-state index in [0.717, 1.165) is 25.9 Å². The molecule has 1 aliphatic rings. The monoisotopic (exact) mass is 201 g/mol. The lowest BCUT2D eigenvalue weighted by atomic mass is 9.93. The maximum Gasteiger partial charge on any atom is 0.0784 e. The van der Waals surface area contributed by atoms with Crippen LogP contribution in [0.15, 0.2) is 0 Å². The lowest BCUT2D eigenvalue weighted by Crippen LogP contribution is -2.34. The van der Waals surface area contributed by atoms with Crippen LogP contribution in [-0.2, 0) is 9.47 Å². The minimum Gasteiger partial charge on any atom is -0.379 e. The predicted molar refractivity (Wildman–Crippen MR) is 57.3 cm³/mol. The zero-order chi connectivity index (χ0) is 10.4. The zero-order valence-electron chi connectivity index (χ0n) is 9.37. The normalized spacial score (nSPS) is 30.2. The van der Waals surface area contributed by atoms with E-state index in [1.54, 1.807) is 0 Å². The molecule has 0 aromatic rings. The van der Waals surface area contributed by atoms with E-state index in [9.17, 15) is 0 Å². The third-order valence-electron chi connectivity index (χ3n) is 2.65.